The Morgan fingerprint density at radius 3 is 2.41 bits per heavy atom. The van der Waals surface area contributed by atoms with Crippen LogP contribution in [0.4, 0.5) is 0 Å². The minimum Gasteiger partial charge on any atom is -0.504 e. The molecule has 0 aliphatic heterocycles. The van der Waals surface area contributed by atoms with Crippen molar-refractivity contribution in [2.24, 2.45) is 0 Å². The Bertz CT molecular complexity index is 982. The minimum absolute atomic E-state index is 0.00975. The maximum atomic E-state index is 12.1. The molecule has 0 saturated heterocycles. The number of phenolic OH excluding ortho intramolecular Hbond substituents is 1. The number of hydrogen-bond donors (Lipinski definition) is 1. The first-order valence-corrected chi connectivity index (χ1v) is 11.9. The van der Waals surface area contributed by atoms with Crippen molar-refractivity contribution in [2.75, 3.05) is 19.5 Å². The molecule has 2 rings (SSSR count). The van der Waals surface area contributed by atoms with Crippen LogP contribution in [-0.2, 0) is 25.1 Å². The lowest BCUT2D eigenvalue weighted by molar-refractivity contribution is -0.137. The molecule has 8 heteroatoms. The molecule has 0 heterocycles. The number of hydrogen-bond acceptors (Lipinski definition) is 7. The molecule has 0 atom stereocenters. The fourth-order valence-electron chi connectivity index (χ4n) is 2.50. The van der Waals surface area contributed by atoms with Crippen LogP contribution in [0.25, 0.3) is 6.08 Å². The van der Waals surface area contributed by atoms with Gasteiger partial charge in [-0.25, -0.2) is 13.2 Å². The predicted molar refractivity (Wildman–Crippen MR) is 115 cm³/mol. The monoisotopic (exact) mass is 436 g/mol. The van der Waals surface area contributed by atoms with Crippen LogP contribution in [0, 0.1) is 0 Å². The van der Waals surface area contributed by atoms with Crippen molar-refractivity contribution >= 4 is 33.6 Å². The first kappa shape index (κ1) is 22.8. The molecule has 0 aliphatic rings. The first-order valence-electron chi connectivity index (χ1n) is 9.01. The van der Waals surface area contributed by atoms with E-state index in [1.165, 1.54) is 23.9 Å². The van der Waals surface area contributed by atoms with Gasteiger partial charge in [-0.05, 0) is 49.8 Å². The highest BCUT2D eigenvalue weighted by atomic mass is 32.2. The average molecular weight is 437 g/mol. The zero-order valence-electron chi connectivity index (χ0n) is 16.5. The van der Waals surface area contributed by atoms with Gasteiger partial charge in [-0.1, -0.05) is 18.2 Å². The quantitative estimate of drug-likeness (QED) is 0.360. The second-order valence-corrected chi connectivity index (χ2v) is 9.10. The SMILES string of the molecule is CCOC(=O)C(=Cc1cc(CSc2ccccc2)c(O)c(OCC)c1)S(C)(=O)=O. The molecule has 2 aromatic rings. The van der Waals surface area contributed by atoms with Crippen molar-refractivity contribution in [1.29, 1.82) is 0 Å². The van der Waals surface area contributed by atoms with E-state index in [4.69, 9.17) is 9.47 Å². The lowest BCUT2D eigenvalue weighted by atomic mass is 10.1. The molecule has 0 aromatic heterocycles. The number of ether oxygens (including phenoxy) is 2. The number of carbonyl (C=O) groups is 1. The van der Waals surface area contributed by atoms with Crippen molar-refractivity contribution in [3.8, 4) is 11.5 Å². The smallest absolute Gasteiger partial charge is 0.349 e. The van der Waals surface area contributed by atoms with Gasteiger partial charge in [-0.15, -0.1) is 11.8 Å². The lowest BCUT2D eigenvalue weighted by Crippen LogP contribution is -2.15. The topological polar surface area (TPSA) is 89.9 Å². The minimum atomic E-state index is -3.81. The number of aromatic hydroxyl groups is 1. The summed E-state index contributed by atoms with van der Waals surface area (Å²) in [5, 5.41) is 10.5. The summed E-state index contributed by atoms with van der Waals surface area (Å²) in [6.45, 7) is 3.76. The fraction of sp³-hybridized carbons (Fsp3) is 0.286. The molecule has 0 bridgehead atoms. The van der Waals surface area contributed by atoms with Crippen LogP contribution in [0.2, 0.25) is 0 Å². The van der Waals surface area contributed by atoms with Gasteiger partial charge in [0.15, 0.2) is 26.2 Å². The van der Waals surface area contributed by atoms with E-state index in [2.05, 4.69) is 0 Å². The summed E-state index contributed by atoms with van der Waals surface area (Å²) in [7, 11) is -3.81. The van der Waals surface area contributed by atoms with Gasteiger partial charge in [0.05, 0.1) is 13.2 Å². The van der Waals surface area contributed by atoms with Crippen molar-refractivity contribution in [3.63, 3.8) is 0 Å². The molecule has 6 nitrogen and oxygen atoms in total. The van der Waals surface area contributed by atoms with Gasteiger partial charge in [-0.2, -0.15) is 0 Å². The van der Waals surface area contributed by atoms with Gasteiger partial charge >= 0.3 is 5.97 Å². The van der Waals surface area contributed by atoms with E-state index in [0.717, 1.165) is 11.2 Å². The third-order valence-electron chi connectivity index (χ3n) is 3.79. The van der Waals surface area contributed by atoms with Gasteiger partial charge in [0.1, 0.15) is 0 Å². The van der Waals surface area contributed by atoms with Crippen LogP contribution in [0.1, 0.15) is 25.0 Å². The molecule has 0 unspecified atom stereocenters. The molecule has 156 valence electrons. The molecule has 0 aliphatic carbocycles. The Hall–Kier alpha value is -2.45. The zero-order valence-corrected chi connectivity index (χ0v) is 18.2. The molecular weight excluding hydrogens is 412 g/mol. The summed E-state index contributed by atoms with van der Waals surface area (Å²) in [6.07, 6.45) is 2.19. The van der Waals surface area contributed by atoms with Crippen LogP contribution in [0.15, 0.2) is 52.3 Å². The summed E-state index contributed by atoms with van der Waals surface area (Å²) in [4.78, 5) is 12.7. The number of sulfone groups is 1. The number of thioether (sulfide) groups is 1. The number of phenols is 1. The Labute approximate surface area is 175 Å². The van der Waals surface area contributed by atoms with E-state index in [-0.39, 0.29) is 18.1 Å². The van der Waals surface area contributed by atoms with E-state index < -0.39 is 20.7 Å². The molecule has 0 amide bonds. The van der Waals surface area contributed by atoms with Crippen molar-refractivity contribution in [3.05, 3.63) is 58.5 Å². The van der Waals surface area contributed by atoms with Gasteiger partial charge in [0.25, 0.3) is 0 Å². The number of rotatable bonds is 9. The van der Waals surface area contributed by atoms with E-state index in [1.54, 1.807) is 19.9 Å². The molecular formula is C21H24O6S2. The van der Waals surface area contributed by atoms with Crippen LogP contribution in [-0.4, -0.2) is 39.0 Å². The van der Waals surface area contributed by atoms with E-state index in [1.807, 2.05) is 30.3 Å². The molecule has 0 saturated carbocycles. The van der Waals surface area contributed by atoms with Crippen LogP contribution in [0.3, 0.4) is 0 Å². The molecule has 29 heavy (non-hydrogen) atoms. The first-order chi connectivity index (χ1) is 13.8. The van der Waals surface area contributed by atoms with Gasteiger partial charge in [-0.3, -0.25) is 0 Å². The Kier molecular flexibility index (Phi) is 8.16. The standard InChI is InChI=1S/C21H24O6S2/c1-4-26-18-12-15(13-19(29(3,24)25)21(23)27-5-2)11-16(20(18)22)14-28-17-9-7-6-8-10-17/h6-13,22H,4-5,14H2,1-3H3. The van der Waals surface area contributed by atoms with Gasteiger partial charge in [0, 0.05) is 22.5 Å². The Balaban J connectivity index is 2.47. The maximum absolute atomic E-state index is 12.1. The third kappa shape index (κ3) is 6.54. The highest BCUT2D eigenvalue weighted by molar-refractivity contribution is 7.98. The van der Waals surface area contributed by atoms with Crippen LogP contribution >= 0.6 is 11.8 Å². The normalized spacial score (nSPS) is 11.9. The van der Waals surface area contributed by atoms with Crippen LogP contribution < -0.4 is 4.74 Å². The number of esters is 1. The highest BCUT2D eigenvalue weighted by Gasteiger charge is 2.22. The number of carbonyl (C=O) groups excluding carboxylic acids is 1. The van der Waals surface area contributed by atoms with Crippen molar-refractivity contribution in [1.82, 2.24) is 0 Å². The van der Waals surface area contributed by atoms with Crippen molar-refractivity contribution < 1.29 is 27.8 Å². The lowest BCUT2D eigenvalue weighted by Gasteiger charge is -2.13. The fourth-order valence-corrected chi connectivity index (χ4v) is 4.10. The Morgan fingerprint density at radius 2 is 1.83 bits per heavy atom. The predicted octanol–water partition coefficient (Wildman–Crippen LogP) is 4.03. The summed E-state index contributed by atoms with van der Waals surface area (Å²) >= 11 is 1.52. The molecule has 2 aromatic carbocycles. The highest BCUT2D eigenvalue weighted by Crippen LogP contribution is 2.36. The summed E-state index contributed by atoms with van der Waals surface area (Å²) in [5.41, 5.74) is 0.983. The largest absolute Gasteiger partial charge is 0.504 e. The second-order valence-electron chi connectivity index (χ2n) is 6.06. The molecule has 1 N–H and O–H groups in total. The summed E-state index contributed by atoms with van der Waals surface area (Å²) in [5.74, 6) is -0.266. The molecule has 0 radical (unpaired) electrons. The van der Waals surface area contributed by atoms with E-state index >= 15 is 0 Å². The van der Waals surface area contributed by atoms with Gasteiger partial charge < -0.3 is 14.6 Å². The molecule has 0 spiro atoms. The van der Waals surface area contributed by atoms with Crippen molar-refractivity contribution in [2.45, 2.75) is 24.5 Å². The van der Waals surface area contributed by atoms with Crippen LogP contribution in [0.5, 0.6) is 11.5 Å². The van der Waals surface area contributed by atoms with E-state index in [9.17, 15) is 18.3 Å². The summed E-state index contributed by atoms with van der Waals surface area (Å²) < 4.78 is 34.5. The average Bonchev–Trinajstić information content (AvgIpc) is 2.67. The number of benzene rings is 2. The second kappa shape index (κ2) is 10.4. The van der Waals surface area contributed by atoms with E-state index in [0.29, 0.717) is 23.5 Å². The summed E-state index contributed by atoms with van der Waals surface area (Å²) in [6, 6.07) is 12.8. The van der Waals surface area contributed by atoms with Gasteiger partial charge in [0.2, 0.25) is 0 Å². The third-order valence-corrected chi connectivity index (χ3v) is 5.93. The zero-order chi connectivity index (χ0) is 21.4. The maximum Gasteiger partial charge on any atom is 0.349 e. The Morgan fingerprint density at radius 1 is 1.14 bits per heavy atom. The molecule has 0 fully saturated rings.